The lowest BCUT2D eigenvalue weighted by Crippen LogP contribution is -2.74. The van der Waals surface area contributed by atoms with Crippen LogP contribution < -0.4 is 11.1 Å². The van der Waals surface area contributed by atoms with Gasteiger partial charge in [-0.15, -0.1) is 11.3 Å². The van der Waals surface area contributed by atoms with Gasteiger partial charge in [-0.25, -0.2) is 14.6 Å². The number of rotatable bonds is 8. The number of oxime groups is 1. The van der Waals surface area contributed by atoms with Crippen LogP contribution in [0.2, 0.25) is 0 Å². The summed E-state index contributed by atoms with van der Waals surface area (Å²) >= 11 is 0.914. The number of aliphatic carboxylic acids is 1. The molecule has 5 N–H and O–H groups in total. The fourth-order valence-electron chi connectivity index (χ4n) is 2.22. The summed E-state index contributed by atoms with van der Waals surface area (Å²) in [4.78, 5) is 56.6. The summed E-state index contributed by atoms with van der Waals surface area (Å²) in [5.74, 6) is -5.14. The Hall–Kier alpha value is -3.31. The Labute approximate surface area is 178 Å². The van der Waals surface area contributed by atoms with Gasteiger partial charge in [0.25, 0.3) is 11.8 Å². The second-order valence-electron chi connectivity index (χ2n) is 6.45. The summed E-state index contributed by atoms with van der Waals surface area (Å²) in [6.07, 6.45) is 0. The number of carbonyl (C=O) groups is 4. The van der Waals surface area contributed by atoms with Gasteiger partial charge in [-0.1, -0.05) is 5.16 Å². The fourth-order valence-corrected chi connectivity index (χ4v) is 3.61. The van der Waals surface area contributed by atoms with Crippen LogP contribution >= 0.6 is 11.3 Å². The molecule has 31 heavy (non-hydrogen) atoms. The summed E-state index contributed by atoms with van der Waals surface area (Å²) < 4.78 is 36.0. The van der Waals surface area contributed by atoms with Crippen molar-refractivity contribution in [1.82, 2.24) is 14.6 Å². The number of hydrogen-bond donors (Lipinski definition) is 4. The molecule has 1 aliphatic rings. The zero-order valence-corrected chi connectivity index (χ0v) is 17.8. The fraction of sp³-hybridized carbons (Fsp3) is 0.429. The van der Waals surface area contributed by atoms with Crippen molar-refractivity contribution in [3.63, 3.8) is 0 Å². The number of hydrogen-bond acceptors (Lipinski definition) is 12. The molecule has 0 radical (unpaired) electrons. The van der Waals surface area contributed by atoms with E-state index < -0.39 is 57.5 Å². The van der Waals surface area contributed by atoms with Crippen molar-refractivity contribution in [1.29, 1.82) is 0 Å². The van der Waals surface area contributed by atoms with E-state index in [-0.39, 0.29) is 15.1 Å². The second-order valence-corrected chi connectivity index (χ2v) is 8.63. The molecule has 1 aliphatic heterocycles. The molecule has 1 fully saturated rings. The van der Waals surface area contributed by atoms with Crippen molar-refractivity contribution in [2.45, 2.75) is 31.5 Å². The van der Waals surface area contributed by atoms with E-state index >= 15 is 0 Å². The minimum atomic E-state index is -5.11. The number of nitrogens with one attached hydrogen (secondary N) is 1. The van der Waals surface area contributed by atoms with E-state index in [0.717, 1.165) is 32.3 Å². The van der Waals surface area contributed by atoms with Gasteiger partial charge in [0.15, 0.2) is 16.9 Å². The monoisotopic (exact) mass is 479 g/mol. The number of aromatic nitrogens is 1. The molecule has 0 saturated carbocycles. The van der Waals surface area contributed by atoms with E-state index in [9.17, 15) is 27.6 Å². The van der Waals surface area contributed by atoms with Gasteiger partial charge in [0.2, 0.25) is 5.60 Å². The summed E-state index contributed by atoms with van der Waals surface area (Å²) in [7, 11) is -4.21. The largest absolute Gasteiger partial charge is 0.478 e. The highest BCUT2D eigenvalue weighted by atomic mass is 32.2. The molecule has 0 aliphatic carbocycles. The minimum Gasteiger partial charge on any atom is -0.478 e. The predicted octanol–water partition coefficient (Wildman–Crippen LogP) is -2.02. The summed E-state index contributed by atoms with van der Waals surface area (Å²) in [5.41, 5.74) is 2.92. The Balaban J connectivity index is 2.36. The van der Waals surface area contributed by atoms with Crippen LogP contribution in [0.1, 0.15) is 19.5 Å². The third kappa shape index (κ3) is 4.89. The number of carbonyl (C=O) groups excluding carboxylic acids is 3. The molecule has 0 unspecified atom stereocenters. The molecule has 0 bridgehead atoms. The number of thiazole rings is 1. The van der Waals surface area contributed by atoms with Crippen LogP contribution in [-0.2, 0) is 39.1 Å². The van der Waals surface area contributed by atoms with Gasteiger partial charge in [0.05, 0.1) is 7.11 Å². The summed E-state index contributed by atoms with van der Waals surface area (Å²) in [5, 5.41) is 16.0. The van der Waals surface area contributed by atoms with Crippen LogP contribution in [0.4, 0.5) is 5.13 Å². The molecule has 2 heterocycles. The van der Waals surface area contributed by atoms with Gasteiger partial charge in [0, 0.05) is 5.38 Å². The van der Waals surface area contributed by atoms with Crippen LogP contribution in [0.5, 0.6) is 0 Å². The first-order valence-corrected chi connectivity index (χ1v) is 10.4. The van der Waals surface area contributed by atoms with Gasteiger partial charge in [-0.05, 0) is 13.8 Å². The number of nitrogen functional groups attached to an aromatic ring is 1. The predicted molar refractivity (Wildman–Crippen MR) is 102 cm³/mol. The normalized spacial score (nSPS) is 19.4. The van der Waals surface area contributed by atoms with Crippen LogP contribution in [0.15, 0.2) is 10.5 Å². The van der Waals surface area contributed by atoms with Crippen LogP contribution in [0.25, 0.3) is 0 Å². The average molecular weight is 479 g/mol. The maximum absolute atomic E-state index is 12.7. The number of carboxylic acid groups (broad SMARTS) is 1. The number of esters is 1. The number of methoxy groups -OCH3 is 1. The number of β-lactam (4-membered cyclic amide) rings is 1. The van der Waals surface area contributed by atoms with Gasteiger partial charge in [-0.3, -0.25) is 14.1 Å². The molecule has 170 valence electrons. The van der Waals surface area contributed by atoms with Crippen molar-refractivity contribution in [3.8, 4) is 0 Å². The number of amides is 2. The van der Waals surface area contributed by atoms with E-state index in [1.54, 1.807) is 0 Å². The summed E-state index contributed by atoms with van der Waals surface area (Å²) in [6.45, 7) is 2.30. The number of carboxylic acids is 1. The molecule has 0 aromatic carbocycles. The van der Waals surface area contributed by atoms with Gasteiger partial charge in [0.1, 0.15) is 11.7 Å². The van der Waals surface area contributed by atoms with Crippen molar-refractivity contribution >= 4 is 56.2 Å². The molecule has 15 nitrogen and oxygen atoms in total. The number of ether oxygens (including phenoxy) is 1. The van der Waals surface area contributed by atoms with Crippen molar-refractivity contribution < 1.29 is 46.8 Å². The number of nitrogens with two attached hydrogens (primary N) is 1. The third-order valence-corrected chi connectivity index (χ3v) is 5.47. The van der Waals surface area contributed by atoms with Crippen LogP contribution in [0.3, 0.4) is 0 Å². The van der Waals surface area contributed by atoms with Gasteiger partial charge >= 0.3 is 22.2 Å². The first-order valence-electron chi connectivity index (χ1n) is 8.11. The Morgan fingerprint density at radius 2 is 2.00 bits per heavy atom. The average Bonchev–Trinajstić information content (AvgIpc) is 3.07. The Morgan fingerprint density at radius 1 is 1.39 bits per heavy atom. The Kier molecular flexibility index (Phi) is 6.52. The van der Waals surface area contributed by atoms with E-state index in [1.807, 2.05) is 0 Å². The highest BCUT2D eigenvalue weighted by molar-refractivity contribution is 7.84. The lowest BCUT2D eigenvalue weighted by molar-refractivity contribution is -0.162. The highest BCUT2D eigenvalue weighted by Gasteiger charge is 2.58. The van der Waals surface area contributed by atoms with Crippen molar-refractivity contribution in [2.24, 2.45) is 5.16 Å². The number of anilines is 1. The molecule has 1 aromatic rings. The third-order valence-electron chi connectivity index (χ3n) is 3.89. The lowest BCUT2D eigenvalue weighted by Gasteiger charge is -2.41. The Morgan fingerprint density at radius 3 is 2.45 bits per heavy atom. The molecule has 2 atom stereocenters. The molecule has 1 aromatic heterocycles. The smallest absolute Gasteiger partial charge is 0.363 e. The van der Waals surface area contributed by atoms with Crippen LogP contribution in [-0.4, -0.2) is 81.6 Å². The maximum Gasteiger partial charge on any atom is 0.363 e. The zero-order chi connectivity index (χ0) is 23.7. The maximum atomic E-state index is 12.7. The van der Waals surface area contributed by atoms with Gasteiger partial charge < -0.3 is 25.7 Å². The van der Waals surface area contributed by atoms with Crippen molar-refractivity contribution in [2.75, 3.05) is 12.8 Å². The molecule has 0 spiro atoms. The Bertz CT molecular complexity index is 1060. The second kappa shape index (κ2) is 8.44. The van der Waals surface area contributed by atoms with E-state index in [1.165, 1.54) is 5.38 Å². The zero-order valence-electron chi connectivity index (χ0n) is 16.1. The highest BCUT2D eigenvalue weighted by Crippen LogP contribution is 2.25. The first-order chi connectivity index (χ1) is 14.2. The van der Waals surface area contributed by atoms with E-state index in [0.29, 0.717) is 0 Å². The SMILES string of the molecule is COC(=O)[C@@H]1[C@@H](NC(=O)C(=NOC(C)(C)C(=O)O)c2csc(N)n2)C(=O)N1S(=O)(=O)O. The molecule has 17 heteroatoms. The lowest BCUT2D eigenvalue weighted by atomic mass is 9.98. The minimum absolute atomic E-state index is 0.0256. The van der Waals surface area contributed by atoms with Crippen LogP contribution in [0, 0.1) is 0 Å². The first kappa shape index (κ1) is 24.0. The molecule has 2 amide bonds. The van der Waals surface area contributed by atoms with Crippen molar-refractivity contribution in [3.05, 3.63) is 11.1 Å². The quantitative estimate of drug-likeness (QED) is 0.104. The standard InChI is InChI=1S/C14H17N5O10S2/c1-14(2,12(23)24)29-18-6(5-4-30-13(15)16-5)9(20)17-7-8(11(22)28-3)19(10(7)21)31(25,26)27/h4,7-8H,1-3H3,(H2,15,16)(H,17,20)(H,23,24)(H,25,26,27)/t7-,8+/m1/s1. The molecule has 1 saturated heterocycles. The number of nitrogens with zero attached hydrogens (tertiary/aromatic N) is 3. The van der Waals surface area contributed by atoms with Gasteiger partial charge in [-0.2, -0.15) is 12.7 Å². The van der Waals surface area contributed by atoms with E-state index in [2.05, 4.69) is 20.2 Å². The molecular weight excluding hydrogens is 462 g/mol. The molecule has 2 rings (SSSR count). The topological polar surface area (TPSA) is 228 Å². The van der Waals surface area contributed by atoms with E-state index in [4.69, 9.17) is 20.2 Å². The molecular formula is C14H17N5O10S2. The summed E-state index contributed by atoms with van der Waals surface area (Å²) in [6, 6.07) is -3.62.